The number of amides is 2. The molecule has 168 valence electrons. The first-order valence-corrected chi connectivity index (χ1v) is 10.3. The Morgan fingerprint density at radius 3 is 2.61 bits per heavy atom. The van der Waals surface area contributed by atoms with Gasteiger partial charge in [-0.1, -0.05) is 37.0 Å². The smallest absolute Gasteiger partial charge is 0.506 e. The number of carbonyl (C=O) groups is 4. The Morgan fingerprint density at radius 1 is 1.26 bits per heavy atom. The molecule has 1 heterocycles. The molecule has 2 atom stereocenters. The molecule has 1 aliphatic heterocycles. The van der Waals surface area contributed by atoms with Crippen LogP contribution in [0.1, 0.15) is 37.0 Å². The molecular weight excluding hydrogens is 450 g/mol. The molecular formula is C19H23BCl2N2O7. The third-order valence-electron chi connectivity index (χ3n) is 4.36. The summed E-state index contributed by atoms with van der Waals surface area (Å²) in [4.78, 5) is 48.1. The van der Waals surface area contributed by atoms with Crippen molar-refractivity contribution in [2.75, 3.05) is 13.7 Å². The van der Waals surface area contributed by atoms with Crippen molar-refractivity contribution in [3.8, 4) is 0 Å². The fraction of sp³-hybridized carbons (Fsp3) is 0.474. The van der Waals surface area contributed by atoms with E-state index in [4.69, 9.17) is 32.5 Å². The summed E-state index contributed by atoms with van der Waals surface area (Å²) in [5.74, 6) is -2.95. The lowest BCUT2D eigenvalue weighted by atomic mass is 9.74. The second-order valence-corrected chi connectivity index (χ2v) is 8.16. The number of esters is 1. The molecule has 0 saturated carbocycles. The van der Waals surface area contributed by atoms with E-state index >= 15 is 0 Å². The van der Waals surface area contributed by atoms with Crippen LogP contribution in [0.5, 0.6) is 0 Å². The Labute approximate surface area is 190 Å². The highest BCUT2D eigenvalue weighted by molar-refractivity contribution is 6.51. The van der Waals surface area contributed by atoms with E-state index in [2.05, 4.69) is 15.4 Å². The minimum Gasteiger partial charge on any atom is -0.506 e. The average molecular weight is 473 g/mol. The van der Waals surface area contributed by atoms with Gasteiger partial charge >= 0.3 is 19.1 Å². The van der Waals surface area contributed by atoms with Gasteiger partial charge in [-0.05, 0) is 30.5 Å². The SMILES string of the molecule is COC(=O)C[C@@H]1OB(C(CC(C)C)NC(=O)CNC(=O)c2cc(Cl)ccc2Cl)OC1=O. The Morgan fingerprint density at radius 2 is 1.97 bits per heavy atom. The van der Waals surface area contributed by atoms with Crippen LogP contribution in [0.3, 0.4) is 0 Å². The molecule has 2 rings (SSSR count). The normalized spacial score (nSPS) is 16.6. The van der Waals surface area contributed by atoms with Gasteiger partial charge in [0.15, 0.2) is 6.10 Å². The summed E-state index contributed by atoms with van der Waals surface area (Å²) in [5.41, 5.74) is 0.138. The van der Waals surface area contributed by atoms with Gasteiger partial charge in [0.05, 0.1) is 36.6 Å². The van der Waals surface area contributed by atoms with Crippen LogP contribution in [-0.4, -0.2) is 56.6 Å². The van der Waals surface area contributed by atoms with E-state index in [9.17, 15) is 19.2 Å². The van der Waals surface area contributed by atoms with E-state index in [1.165, 1.54) is 19.2 Å². The summed E-state index contributed by atoms with van der Waals surface area (Å²) >= 11 is 11.9. The lowest BCUT2D eigenvalue weighted by Gasteiger charge is -2.21. The molecule has 1 aromatic carbocycles. The number of halogens is 2. The molecule has 1 saturated heterocycles. The Bertz CT molecular complexity index is 853. The second kappa shape index (κ2) is 11.4. The van der Waals surface area contributed by atoms with Crippen molar-refractivity contribution in [1.29, 1.82) is 0 Å². The fourth-order valence-electron chi connectivity index (χ4n) is 2.91. The van der Waals surface area contributed by atoms with Crippen LogP contribution in [-0.2, 0) is 28.4 Å². The first-order valence-electron chi connectivity index (χ1n) is 9.56. The predicted molar refractivity (Wildman–Crippen MR) is 114 cm³/mol. The van der Waals surface area contributed by atoms with E-state index in [0.717, 1.165) is 0 Å². The molecule has 0 spiro atoms. The monoisotopic (exact) mass is 472 g/mol. The van der Waals surface area contributed by atoms with Gasteiger partial charge in [-0.15, -0.1) is 0 Å². The summed E-state index contributed by atoms with van der Waals surface area (Å²) < 4.78 is 15.3. The van der Waals surface area contributed by atoms with Crippen LogP contribution in [0.25, 0.3) is 0 Å². The molecule has 2 amide bonds. The summed E-state index contributed by atoms with van der Waals surface area (Å²) in [5, 5.41) is 5.69. The first kappa shape index (κ1) is 25.0. The maximum absolute atomic E-state index is 12.4. The predicted octanol–water partition coefficient (Wildman–Crippen LogP) is 1.79. The van der Waals surface area contributed by atoms with Crippen molar-refractivity contribution >= 4 is 54.1 Å². The van der Waals surface area contributed by atoms with Crippen LogP contribution >= 0.6 is 23.2 Å². The highest BCUT2D eigenvalue weighted by Gasteiger charge is 2.46. The molecule has 0 bridgehead atoms. The van der Waals surface area contributed by atoms with Gasteiger partial charge in [-0.2, -0.15) is 0 Å². The molecule has 1 aromatic rings. The van der Waals surface area contributed by atoms with Gasteiger partial charge < -0.3 is 24.7 Å². The summed E-state index contributed by atoms with van der Waals surface area (Å²) in [7, 11) is 0.138. The van der Waals surface area contributed by atoms with Crippen molar-refractivity contribution in [3.05, 3.63) is 33.8 Å². The Kier molecular flexibility index (Phi) is 9.15. The molecule has 9 nitrogen and oxygen atoms in total. The van der Waals surface area contributed by atoms with Crippen molar-refractivity contribution in [2.24, 2.45) is 5.92 Å². The molecule has 1 aliphatic rings. The number of methoxy groups -OCH3 is 1. The second-order valence-electron chi connectivity index (χ2n) is 7.32. The lowest BCUT2D eigenvalue weighted by Crippen LogP contribution is -2.50. The van der Waals surface area contributed by atoms with Gasteiger partial charge in [-0.3, -0.25) is 19.2 Å². The van der Waals surface area contributed by atoms with E-state index in [1.54, 1.807) is 6.07 Å². The van der Waals surface area contributed by atoms with Crippen molar-refractivity contribution in [1.82, 2.24) is 10.6 Å². The van der Waals surface area contributed by atoms with E-state index in [-0.39, 0.29) is 29.5 Å². The molecule has 0 radical (unpaired) electrons. The topological polar surface area (TPSA) is 120 Å². The number of hydrogen-bond acceptors (Lipinski definition) is 7. The van der Waals surface area contributed by atoms with Crippen LogP contribution in [0.15, 0.2) is 18.2 Å². The minimum atomic E-state index is -1.10. The third kappa shape index (κ3) is 7.41. The van der Waals surface area contributed by atoms with Crippen LogP contribution in [0, 0.1) is 5.92 Å². The number of nitrogens with one attached hydrogen (secondary N) is 2. The largest absolute Gasteiger partial charge is 0.552 e. The maximum atomic E-state index is 12.4. The van der Waals surface area contributed by atoms with Crippen LogP contribution in [0.2, 0.25) is 10.0 Å². The van der Waals surface area contributed by atoms with Gasteiger partial charge in [0.25, 0.3) is 5.91 Å². The summed E-state index contributed by atoms with van der Waals surface area (Å²) in [6.07, 6.45) is -0.957. The van der Waals surface area contributed by atoms with Crippen molar-refractivity contribution in [2.45, 2.75) is 38.7 Å². The third-order valence-corrected chi connectivity index (χ3v) is 4.92. The zero-order chi connectivity index (χ0) is 23.1. The molecule has 2 N–H and O–H groups in total. The quantitative estimate of drug-likeness (QED) is 0.415. The molecule has 0 aromatic heterocycles. The van der Waals surface area contributed by atoms with Gasteiger partial charge in [0.1, 0.15) is 0 Å². The zero-order valence-electron chi connectivity index (χ0n) is 17.3. The van der Waals surface area contributed by atoms with Gasteiger partial charge in [0.2, 0.25) is 5.91 Å². The van der Waals surface area contributed by atoms with E-state index < -0.39 is 42.9 Å². The van der Waals surface area contributed by atoms with Crippen molar-refractivity contribution in [3.63, 3.8) is 0 Å². The van der Waals surface area contributed by atoms with Crippen LogP contribution < -0.4 is 10.6 Å². The Balaban J connectivity index is 1.96. The summed E-state index contributed by atoms with van der Waals surface area (Å²) in [6, 6.07) is 4.42. The van der Waals surface area contributed by atoms with Gasteiger partial charge in [0, 0.05) is 5.02 Å². The highest BCUT2D eigenvalue weighted by Crippen LogP contribution is 2.21. The first-order chi connectivity index (χ1) is 14.6. The van der Waals surface area contributed by atoms with Gasteiger partial charge in [-0.25, -0.2) is 0 Å². The fourth-order valence-corrected chi connectivity index (χ4v) is 3.29. The zero-order valence-corrected chi connectivity index (χ0v) is 18.8. The van der Waals surface area contributed by atoms with E-state index in [0.29, 0.717) is 11.4 Å². The maximum Gasteiger partial charge on any atom is 0.552 e. The number of carbonyl (C=O) groups excluding carboxylic acids is 4. The van der Waals surface area contributed by atoms with Crippen molar-refractivity contribution < 1.29 is 33.2 Å². The molecule has 1 unspecified atom stereocenters. The number of rotatable bonds is 9. The standard InChI is InChI=1S/C19H23BCl2N2O7/c1-10(2)6-15(20-30-14(19(28)31-20)8-17(26)29-3)24-16(25)9-23-18(27)12-7-11(21)4-5-13(12)22/h4-5,7,10,14-15H,6,8-9H2,1-3H3,(H,23,27)(H,24,25)/t14-,15?/m0/s1. The average Bonchev–Trinajstić information content (AvgIpc) is 3.07. The molecule has 31 heavy (non-hydrogen) atoms. The molecule has 12 heteroatoms. The van der Waals surface area contributed by atoms with E-state index in [1.807, 2.05) is 13.8 Å². The molecule has 1 fully saturated rings. The lowest BCUT2D eigenvalue weighted by molar-refractivity contribution is -0.147. The number of benzene rings is 1. The summed E-state index contributed by atoms with van der Waals surface area (Å²) in [6.45, 7) is 3.50. The minimum absolute atomic E-state index is 0.132. The number of hydrogen-bond donors (Lipinski definition) is 2. The van der Waals surface area contributed by atoms with Crippen LogP contribution in [0.4, 0.5) is 0 Å². The Hall–Kier alpha value is -2.30. The molecule has 0 aliphatic carbocycles. The highest BCUT2D eigenvalue weighted by atomic mass is 35.5. The number of ether oxygens (including phenoxy) is 1.